The molecule has 0 aromatic carbocycles. The number of unbranched alkanes of at least 4 members (excludes halogenated alkanes) is 28. The molecule has 0 fully saturated rings. The zero-order valence-electron chi connectivity index (χ0n) is 30.0. The molecule has 45 heavy (non-hydrogen) atoms. The van der Waals surface area contributed by atoms with Gasteiger partial charge in [-0.2, -0.15) is 8.42 Å². The van der Waals surface area contributed by atoms with Crippen molar-refractivity contribution in [2.45, 2.75) is 231 Å². The topological polar surface area (TPSA) is 104 Å². The summed E-state index contributed by atoms with van der Waals surface area (Å²) in [5.74, 6) is -0.883. The lowest BCUT2D eigenvalue weighted by molar-refractivity contribution is -0.122. The second kappa shape index (κ2) is 33.2. The number of aliphatic hydroxyl groups is 1. The quantitative estimate of drug-likeness (QED) is 0.0458. The smallest absolute Gasteiger partial charge is 0.266 e. The predicted molar refractivity (Wildman–Crippen MR) is 193 cm³/mol. The van der Waals surface area contributed by atoms with Crippen molar-refractivity contribution in [1.82, 2.24) is 5.32 Å². The number of hydrogen-bond donors (Lipinski definition) is 3. The minimum absolute atomic E-state index is 0.242. The summed E-state index contributed by atoms with van der Waals surface area (Å²) in [4.78, 5) is 12.5. The van der Waals surface area contributed by atoms with Crippen LogP contribution in [-0.2, 0) is 14.9 Å². The average Bonchev–Trinajstić information content (AvgIpc) is 3.00. The second-order valence-corrected chi connectivity index (χ2v) is 15.4. The highest BCUT2D eigenvalue weighted by Gasteiger charge is 2.26. The van der Waals surface area contributed by atoms with Gasteiger partial charge in [-0.3, -0.25) is 9.35 Å². The monoisotopic (exact) mass is 660 g/mol. The molecule has 0 aliphatic carbocycles. The van der Waals surface area contributed by atoms with Crippen molar-refractivity contribution in [1.29, 1.82) is 0 Å². The SMILES string of the molecule is CCCCCCCCCCCCCCCCCCC(=O)NC(CS(=O)(=O)O)C(O)CCCCCCCCCCCCCCCC. The normalized spacial score (nSPS) is 13.2. The van der Waals surface area contributed by atoms with Crippen LogP contribution in [0.3, 0.4) is 0 Å². The average molecular weight is 660 g/mol. The molecule has 0 saturated heterocycles. The highest BCUT2D eigenvalue weighted by Crippen LogP contribution is 2.16. The first-order valence-electron chi connectivity index (χ1n) is 19.7. The fraction of sp³-hybridized carbons (Fsp3) is 0.974. The lowest BCUT2D eigenvalue weighted by Gasteiger charge is -2.23. The van der Waals surface area contributed by atoms with Crippen LogP contribution in [-0.4, -0.2) is 41.9 Å². The van der Waals surface area contributed by atoms with E-state index in [1.165, 1.54) is 154 Å². The third kappa shape index (κ3) is 34.5. The van der Waals surface area contributed by atoms with Gasteiger partial charge in [0.05, 0.1) is 17.9 Å². The number of hydrogen-bond acceptors (Lipinski definition) is 4. The fourth-order valence-electron chi connectivity index (χ4n) is 6.34. The molecule has 270 valence electrons. The van der Waals surface area contributed by atoms with Crippen LogP contribution in [0.25, 0.3) is 0 Å². The van der Waals surface area contributed by atoms with Crippen LogP contribution in [0.4, 0.5) is 0 Å². The number of nitrogens with one attached hydrogen (secondary N) is 1. The van der Waals surface area contributed by atoms with E-state index < -0.39 is 28.0 Å². The molecule has 0 aromatic heterocycles. The van der Waals surface area contributed by atoms with Crippen molar-refractivity contribution in [3.05, 3.63) is 0 Å². The van der Waals surface area contributed by atoms with Crippen molar-refractivity contribution in [3.63, 3.8) is 0 Å². The number of aliphatic hydroxyl groups excluding tert-OH is 1. The molecule has 0 radical (unpaired) electrons. The summed E-state index contributed by atoms with van der Waals surface area (Å²) in [5, 5.41) is 13.3. The zero-order valence-corrected chi connectivity index (χ0v) is 30.8. The highest BCUT2D eigenvalue weighted by atomic mass is 32.2. The van der Waals surface area contributed by atoms with Crippen molar-refractivity contribution in [2.24, 2.45) is 0 Å². The minimum atomic E-state index is -4.30. The standard InChI is InChI=1S/C38H77NO5S/c1-3-5-7-9-11-13-15-17-19-20-22-24-26-28-30-32-34-38(41)39-36(35-45(42,43)44)37(40)33-31-29-27-25-23-21-18-16-14-12-10-8-6-4-2/h36-37,40H,3-35H2,1-2H3,(H,39,41)(H,42,43,44). The maximum atomic E-state index is 12.5. The fourth-order valence-corrected chi connectivity index (χ4v) is 7.10. The molecule has 0 aliphatic rings. The Bertz CT molecular complexity index is 730. The Morgan fingerprint density at radius 3 is 1.11 bits per heavy atom. The Labute approximate surface area is 280 Å². The molecule has 3 N–H and O–H groups in total. The Morgan fingerprint density at radius 1 is 0.511 bits per heavy atom. The molecule has 0 saturated carbocycles. The van der Waals surface area contributed by atoms with Gasteiger partial charge in [0.15, 0.2) is 0 Å². The van der Waals surface area contributed by atoms with Crippen molar-refractivity contribution >= 4 is 16.0 Å². The molecule has 1 amide bonds. The van der Waals surface area contributed by atoms with E-state index in [4.69, 9.17) is 0 Å². The summed E-state index contributed by atoms with van der Waals surface area (Å²) in [7, 11) is -4.30. The first-order valence-corrected chi connectivity index (χ1v) is 21.3. The molecule has 0 bridgehead atoms. The highest BCUT2D eigenvalue weighted by molar-refractivity contribution is 7.85. The van der Waals surface area contributed by atoms with Crippen LogP contribution >= 0.6 is 0 Å². The van der Waals surface area contributed by atoms with Gasteiger partial charge in [0.25, 0.3) is 10.1 Å². The minimum Gasteiger partial charge on any atom is -0.391 e. The Hall–Kier alpha value is -0.660. The van der Waals surface area contributed by atoms with Gasteiger partial charge in [0.1, 0.15) is 0 Å². The molecule has 7 heteroatoms. The van der Waals surface area contributed by atoms with Crippen LogP contribution in [0.5, 0.6) is 0 Å². The molecule has 2 atom stereocenters. The first kappa shape index (κ1) is 44.3. The van der Waals surface area contributed by atoms with Gasteiger partial charge in [-0.1, -0.05) is 200 Å². The number of amides is 1. The molecular weight excluding hydrogens is 582 g/mol. The maximum absolute atomic E-state index is 12.5. The molecule has 6 nitrogen and oxygen atoms in total. The van der Waals surface area contributed by atoms with E-state index in [-0.39, 0.29) is 5.91 Å². The molecule has 0 aliphatic heterocycles. The van der Waals surface area contributed by atoms with Gasteiger partial charge in [-0.15, -0.1) is 0 Å². The molecule has 2 unspecified atom stereocenters. The van der Waals surface area contributed by atoms with Gasteiger partial charge < -0.3 is 10.4 Å². The van der Waals surface area contributed by atoms with E-state index in [1.807, 2.05) is 0 Å². The molecule has 0 rings (SSSR count). The summed E-state index contributed by atoms with van der Waals surface area (Å²) in [6.45, 7) is 4.52. The van der Waals surface area contributed by atoms with Gasteiger partial charge in [-0.25, -0.2) is 0 Å². The molecule has 0 spiro atoms. The first-order chi connectivity index (χ1) is 21.8. The molecule has 0 heterocycles. The Kier molecular flexibility index (Phi) is 32.8. The van der Waals surface area contributed by atoms with E-state index in [0.717, 1.165) is 38.5 Å². The lowest BCUT2D eigenvalue weighted by Crippen LogP contribution is -2.47. The molecular formula is C38H77NO5S. The van der Waals surface area contributed by atoms with E-state index >= 15 is 0 Å². The lowest BCUT2D eigenvalue weighted by atomic mass is 10.0. The largest absolute Gasteiger partial charge is 0.391 e. The van der Waals surface area contributed by atoms with Crippen molar-refractivity contribution in [2.75, 3.05) is 5.75 Å². The van der Waals surface area contributed by atoms with Crippen molar-refractivity contribution in [3.8, 4) is 0 Å². The van der Waals surface area contributed by atoms with Crippen LogP contribution in [0.2, 0.25) is 0 Å². The van der Waals surface area contributed by atoms with Crippen LogP contribution in [0, 0.1) is 0 Å². The van der Waals surface area contributed by atoms with Gasteiger partial charge >= 0.3 is 0 Å². The van der Waals surface area contributed by atoms with E-state index in [2.05, 4.69) is 19.2 Å². The van der Waals surface area contributed by atoms with Crippen LogP contribution in [0.15, 0.2) is 0 Å². The summed E-state index contributed by atoms with van der Waals surface area (Å²) >= 11 is 0. The Balaban J connectivity index is 3.84. The summed E-state index contributed by atoms with van der Waals surface area (Å²) in [6.07, 6.45) is 37.6. The summed E-state index contributed by atoms with van der Waals surface area (Å²) in [5.41, 5.74) is 0. The number of rotatable bonds is 36. The maximum Gasteiger partial charge on any atom is 0.266 e. The van der Waals surface area contributed by atoms with Crippen LogP contribution in [0.1, 0.15) is 219 Å². The third-order valence-corrected chi connectivity index (χ3v) is 10.1. The third-order valence-electron chi connectivity index (χ3n) is 9.31. The number of carbonyl (C=O) groups excluding carboxylic acids is 1. The molecule has 0 aromatic rings. The number of carbonyl (C=O) groups is 1. The second-order valence-electron chi connectivity index (χ2n) is 13.9. The van der Waals surface area contributed by atoms with Gasteiger partial charge in [0.2, 0.25) is 5.91 Å². The summed E-state index contributed by atoms with van der Waals surface area (Å²) < 4.78 is 32.5. The predicted octanol–water partition coefficient (Wildman–Crippen LogP) is 11.2. The van der Waals surface area contributed by atoms with E-state index in [1.54, 1.807) is 0 Å². The van der Waals surface area contributed by atoms with E-state index in [9.17, 15) is 22.9 Å². The van der Waals surface area contributed by atoms with Gasteiger partial charge in [-0.05, 0) is 12.8 Å². The van der Waals surface area contributed by atoms with Crippen LogP contribution < -0.4 is 5.32 Å². The van der Waals surface area contributed by atoms with Gasteiger partial charge in [0, 0.05) is 6.42 Å². The van der Waals surface area contributed by atoms with Crippen molar-refractivity contribution < 1.29 is 22.9 Å². The van der Waals surface area contributed by atoms with E-state index in [0.29, 0.717) is 12.8 Å². The Morgan fingerprint density at radius 2 is 0.800 bits per heavy atom. The summed E-state index contributed by atoms with van der Waals surface area (Å²) in [6, 6.07) is -0.962. The zero-order chi connectivity index (χ0) is 33.3.